The van der Waals surface area contributed by atoms with Gasteiger partial charge in [-0.2, -0.15) is 0 Å². The van der Waals surface area contributed by atoms with Crippen LogP contribution in [0.4, 0.5) is 0 Å². The second kappa shape index (κ2) is 6.93. The first-order valence-corrected chi connectivity index (χ1v) is 7.01. The quantitative estimate of drug-likeness (QED) is 0.657. The van der Waals surface area contributed by atoms with Gasteiger partial charge in [-0.25, -0.2) is 0 Å². The molecule has 118 valence electrons. The molecule has 7 nitrogen and oxygen atoms in total. The smallest absolute Gasteiger partial charge is 0.243 e. The van der Waals surface area contributed by atoms with Gasteiger partial charge in [0.2, 0.25) is 17.7 Å². The van der Waals surface area contributed by atoms with Crippen molar-refractivity contribution in [3.05, 3.63) is 29.8 Å². The zero-order valence-electron chi connectivity index (χ0n) is 12.3. The van der Waals surface area contributed by atoms with Crippen molar-refractivity contribution in [3.63, 3.8) is 0 Å². The summed E-state index contributed by atoms with van der Waals surface area (Å²) >= 11 is 0. The molecular weight excluding hydrogens is 286 g/mol. The highest BCUT2D eigenvalue weighted by Crippen LogP contribution is 2.14. The number of nitrogens with one attached hydrogen (secondary N) is 2. The van der Waals surface area contributed by atoms with Gasteiger partial charge in [0, 0.05) is 12.8 Å². The SMILES string of the molecule is COc1cccc(C[C@H](NC(=O)[C@H]2CCC(=O)N2)C(N)=O)c1. The van der Waals surface area contributed by atoms with Gasteiger partial charge in [-0.05, 0) is 24.1 Å². The van der Waals surface area contributed by atoms with E-state index in [9.17, 15) is 14.4 Å². The fraction of sp³-hybridized carbons (Fsp3) is 0.400. The van der Waals surface area contributed by atoms with Gasteiger partial charge in [0.25, 0.3) is 0 Å². The summed E-state index contributed by atoms with van der Waals surface area (Å²) in [5.74, 6) is -0.517. The number of rotatable bonds is 6. The van der Waals surface area contributed by atoms with Gasteiger partial charge in [-0.3, -0.25) is 14.4 Å². The van der Waals surface area contributed by atoms with Crippen LogP contribution in [0, 0.1) is 0 Å². The van der Waals surface area contributed by atoms with Crippen molar-refractivity contribution in [1.82, 2.24) is 10.6 Å². The first-order valence-electron chi connectivity index (χ1n) is 7.01. The Morgan fingerprint density at radius 1 is 1.50 bits per heavy atom. The molecule has 0 aliphatic carbocycles. The normalized spacial score (nSPS) is 18.4. The van der Waals surface area contributed by atoms with Crippen LogP contribution in [-0.4, -0.2) is 36.9 Å². The van der Waals surface area contributed by atoms with Crippen LogP contribution < -0.4 is 21.1 Å². The lowest BCUT2D eigenvalue weighted by Crippen LogP contribution is -2.51. The second-order valence-electron chi connectivity index (χ2n) is 5.18. The molecule has 0 aromatic heterocycles. The topological polar surface area (TPSA) is 111 Å². The Morgan fingerprint density at radius 2 is 2.27 bits per heavy atom. The minimum Gasteiger partial charge on any atom is -0.497 e. The van der Waals surface area contributed by atoms with E-state index in [0.29, 0.717) is 18.6 Å². The summed E-state index contributed by atoms with van der Waals surface area (Å²) in [6, 6.07) is 5.75. The van der Waals surface area contributed by atoms with E-state index in [-0.39, 0.29) is 12.3 Å². The molecule has 1 aromatic carbocycles. The third-order valence-corrected chi connectivity index (χ3v) is 3.55. The molecule has 1 aliphatic rings. The van der Waals surface area contributed by atoms with E-state index >= 15 is 0 Å². The molecule has 2 rings (SSSR count). The lowest BCUT2D eigenvalue weighted by molar-refractivity contribution is -0.129. The predicted octanol–water partition coefficient (Wildman–Crippen LogP) is -0.514. The van der Waals surface area contributed by atoms with Crippen LogP contribution >= 0.6 is 0 Å². The lowest BCUT2D eigenvalue weighted by Gasteiger charge is -2.18. The Hall–Kier alpha value is -2.57. The molecule has 0 unspecified atom stereocenters. The first-order chi connectivity index (χ1) is 10.5. The average Bonchev–Trinajstić information content (AvgIpc) is 2.93. The summed E-state index contributed by atoms with van der Waals surface area (Å²) in [5, 5.41) is 5.15. The Bertz CT molecular complexity index is 588. The largest absolute Gasteiger partial charge is 0.497 e. The van der Waals surface area contributed by atoms with E-state index in [1.54, 1.807) is 25.3 Å². The standard InChI is InChI=1S/C15H19N3O4/c1-22-10-4-2-3-9(7-10)8-12(14(16)20)18-15(21)11-5-6-13(19)17-11/h2-4,7,11-12H,5-6,8H2,1H3,(H2,16,20)(H,17,19)(H,18,21)/t11-,12+/m1/s1. The summed E-state index contributed by atoms with van der Waals surface area (Å²) in [7, 11) is 1.55. The molecule has 1 saturated heterocycles. The number of hydrogen-bond acceptors (Lipinski definition) is 4. The maximum absolute atomic E-state index is 12.1. The fourth-order valence-electron chi connectivity index (χ4n) is 2.34. The van der Waals surface area contributed by atoms with Crippen molar-refractivity contribution < 1.29 is 19.1 Å². The number of benzene rings is 1. The number of ether oxygens (including phenoxy) is 1. The third-order valence-electron chi connectivity index (χ3n) is 3.55. The highest BCUT2D eigenvalue weighted by atomic mass is 16.5. The minimum atomic E-state index is -0.836. The van der Waals surface area contributed by atoms with Crippen LogP contribution in [0.2, 0.25) is 0 Å². The van der Waals surface area contributed by atoms with Crippen molar-refractivity contribution in [2.24, 2.45) is 5.73 Å². The molecule has 7 heteroatoms. The number of methoxy groups -OCH3 is 1. The number of amides is 3. The zero-order valence-corrected chi connectivity index (χ0v) is 12.3. The van der Waals surface area contributed by atoms with Gasteiger partial charge < -0.3 is 21.1 Å². The Morgan fingerprint density at radius 3 is 2.86 bits per heavy atom. The molecule has 0 bridgehead atoms. The van der Waals surface area contributed by atoms with Crippen molar-refractivity contribution >= 4 is 17.7 Å². The van der Waals surface area contributed by atoms with E-state index in [1.807, 2.05) is 6.07 Å². The van der Waals surface area contributed by atoms with E-state index in [4.69, 9.17) is 10.5 Å². The molecule has 1 heterocycles. The summed E-state index contributed by atoms with van der Waals surface area (Å²) in [6.45, 7) is 0. The van der Waals surface area contributed by atoms with Gasteiger partial charge in [0.15, 0.2) is 0 Å². The molecule has 3 amide bonds. The van der Waals surface area contributed by atoms with Crippen LogP contribution in [0.15, 0.2) is 24.3 Å². The number of carbonyl (C=O) groups is 3. The van der Waals surface area contributed by atoms with Crippen LogP contribution in [0.1, 0.15) is 18.4 Å². The molecule has 2 atom stereocenters. The first kappa shape index (κ1) is 15.8. The van der Waals surface area contributed by atoms with Crippen LogP contribution in [0.5, 0.6) is 5.75 Å². The van der Waals surface area contributed by atoms with Gasteiger partial charge in [0.05, 0.1) is 7.11 Å². The van der Waals surface area contributed by atoms with Crippen molar-refractivity contribution in [2.45, 2.75) is 31.3 Å². The molecule has 22 heavy (non-hydrogen) atoms. The van der Waals surface area contributed by atoms with Crippen molar-refractivity contribution in [3.8, 4) is 5.75 Å². The summed E-state index contributed by atoms with van der Waals surface area (Å²) in [5.41, 5.74) is 6.18. The lowest BCUT2D eigenvalue weighted by atomic mass is 10.0. The zero-order chi connectivity index (χ0) is 16.1. The van der Waals surface area contributed by atoms with Gasteiger partial charge in [-0.15, -0.1) is 0 Å². The summed E-state index contributed by atoms with van der Waals surface area (Å²) < 4.78 is 5.12. The van der Waals surface area contributed by atoms with Crippen LogP contribution in [0.3, 0.4) is 0 Å². The fourth-order valence-corrected chi connectivity index (χ4v) is 2.34. The molecule has 0 radical (unpaired) electrons. The highest BCUT2D eigenvalue weighted by Gasteiger charge is 2.29. The molecule has 1 fully saturated rings. The Kier molecular flexibility index (Phi) is 4.98. The van der Waals surface area contributed by atoms with E-state index < -0.39 is 23.9 Å². The Balaban J connectivity index is 2.01. The van der Waals surface area contributed by atoms with Gasteiger partial charge >= 0.3 is 0 Å². The average molecular weight is 305 g/mol. The Labute approximate surface area is 128 Å². The molecule has 1 aliphatic heterocycles. The van der Waals surface area contributed by atoms with E-state index in [1.165, 1.54) is 0 Å². The minimum absolute atomic E-state index is 0.163. The maximum Gasteiger partial charge on any atom is 0.243 e. The molecule has 1 aromatic rings. The maximum atomic E-state index is 12.1. The summed E-state index contributed by atoms with van der Waals surface area (Å²) in [4.78, 5) is 34.8. The van der Waals surface area contributed by atoms with Crippen molar-refractivity contribution in [2.75, 3.05) is 7.11 Å². The number of nitrogens with two attached hydrogens (primary N) is 1. The van der Waals surface area contributed by atoms with Crippen molar-refractivity contribution in [1.29, 1.82) is 0 Å². The molecular formula is C15H19N3O4. The second-order valence-corrected chi connectivity index (χ2v) is 5.18. The van der Waals surface area contributed by atoms with Crippen LogP contribution in [-0.2, 0) is 20.8 Å². The number of primary amides is 1. The predicted molar refractivity (Wildman–Crippen MR) is 79.0 cm³/mol. The van der Waals surface area contributed by atoms with Gasteiger partial charge in [-0.1, -0.05) is 12.1 Å². The van der Waals surface area contributed by atoms with Gasteiger partial charge in [0.1, 0.15) is 17.8 Å². The number of carbonyl (C=O) groups excluding carboxylic acids is 3. The molecule has 4 N–H and O–H groups in total. The monoisotopic (exact) mass is 305 g/mol. The molecule has 0 spiro atoms. The highest BCUT2D eigenvalue weighted by molar-refractivity contribution is 5.93. The third kappa shape index (κ3) is 3.97. The molecule has 0 saturated carbocycles. The van der Waals surface area contributed by atoms with Crippen LogP contribution in [0.25, 0.3) is 0 Å². The van der Waals surface area contributed by atoms with E-state index in [2.05, 4.69) is 10.6 Å². The van der Waals surface area contributed by atoms with E-state index in [0.717, 1.165) is 5.56 Å². The number of hydrogen-bond donors (Lipinski definition) is 3. The summed E-state index contributed by atoms with van der Waals surface area (Å²) in [6.07, 6.45) is 1.00.